The van der Waals surface area contributed by atoms with Gasteiger partial charge in [0, 0.05) is 33.2 Å². The number of nitrogens with zero attached hydrogens (tertiary/aromatic N) is 3. The second-order valence-electron chi connectivity index (χ2n) is 4.09. The Bertz CT molecular complexity index is 183. The maximum atomic E-state index is 11.9. The maximum absolute atomic E-state index is 11.9. The van der Waals surface area contributed by atoms with Crippen molar-refractivity contribution in [2.75, 3.05) is 47.3 Å². The van der Waals surface area contributed by atoms with Crippen molar-refractivity contribution in [3.8, 4) is 0 Å². The molecule has 0 atom stereocenters. The van der Waals surface area contributed by atoms with E-state index in [9.17, 15) is 4.79 Å². The third-order valence-corrected chi connectivity index (χ3v) is 2.38. The second kappa shape index (κ2) is 7.51. The van der Waals surface area contributed by atoms with Gasteiger partial charge in [-0.25, -0.2) is 4.79 Å². The van der Waals surface area contributed by atoms with Gasteiger partial charge in [-0.15, -0.1) is 0 Å². The Hall–Kier alpha value is -0.770. The fourth-order valence-corrected chi connectivity index (χ4v) is 1.27. The first-order chi connectivity index (χ1) is 7.02. The van der Waals surface area contributed by atoms with Crippen molar-refractivity contribution in [2.45, 2.75) is 20.3 Å². The molecular weight excluding hydrogens is 190 g/mol. The zero-order valence-electron chi connectivity index (χ0n) is 10.8. The molecule has 0 aromatic carbocycles. The molecule has 0 heterocycles. The molecule has 0 aliphatic rings. The van der Waals surface area contributed by atoms with Crippen LogP contribution >= 0.6 is 0 Å². The van der Waals surface area contributed by atoms with Crippen LogP contribution < -0.4 is 0 Å². The average Bonchev–Trinajstić information content (AvgIpc) is 2.21. The van der Waals surface area contributed by atoms with E-state index in [1.807, 2.05) is 33.0 Å². The maximum Gasteiger partial charge on any atom is 0.319 e. The van der Waals surface area contributed by atoms with Crippen molar-refractivity contribution in [3.63, 3.8) is 0 Å². The van der Waals surface area contributed by atoms with Crippen molar-refractivity contribution < 1.29 is 4.79 Å². The topological polar surface area (TPSA) is 26.8 Å². The molecule has 90 valence electrons. The third kappa shape index (κ3) is 5.62. The van der Waals surface area contributed by atoms with Crippen LogP contribution in [-0.2, 0) is 0 Å². The largest absolute Gasteiger partial charge is 0.328 e. The summed E-state index contributed by atoms with van der Waals surface area (Å²) in [7, 11) is 5.90. The van der Waals surface area contributed by atoms with Crippen LogP contribution in [-0.4, -0.2) is 68.1 Å². The Morgan fingerprint density at radius 3 is 2.00 bits per heavy atom. The Morgan fingerprint density at radius 2 is 1.60 bits per heavy atom. The van der Waals surface area contributed by atoms with Gasteiger partial charge >= 0.3 is 6.03 Å². The van der Waals surface area contributed by atoms with Crippen LogP contribution in [0, 0.1) is 0 Å². The number of hydrogen-bond donors (Lipinski definition) is 0. The van der Waals surface area contributed by atoms with Crippen LogP contribution in [0.4, 0.5) is 4.79 Å². The van der Waals surface area contributed by atoms with Crippen molar-refractivity contribution >= 4 is 6.03 Å². The van der Waals surface area contributed by atoms with E-state index in [0.29, 0.717) is 0 Å². The molecule has 4 heteroatoms. The van der Waals surface area contributed by atoms with Gasteiger partial charge < -0.3 is 14.7 Å². The zero-order valence-corrected chi connectivity index (χ0v) is 10.8. The molecule has 0 aromatic rings. The average molecular weight is 215 g/mol. The van der Waals surface area contributed by atoms with E-state index in [-0.39, 0.29) is 6.03 Å². The number of carbonyl (C=O) groups is 1. The molecule has 15 heavy (non-hydrogen) atoms. The summed E-state index contributed by atoms with van der Waals surface area (Å²) in [4.78, 5) is 17.7. The van der Waals surface area contributed by atoms with Crippen LogP contribution in [0.25, 0.3) is 0 Å². The Balaban J connectivity index is 4.18. The predicted molar refractivity (Wildman–Crippen MR) is 64.1 cm³/mol. The van der Waals surface area contributed by atoms with E-state index in [1.165, 1.54) is 0 Å². The second-order valence-corrected chi connectivity index (χ2v) is 4.09. The lowest BCUT2D eigenvalue weighted by molar-refractivity contribution is 0.160. The number of carbonyl (C=O) groups excluding carboxylic acids is 1. The summed E-state index contributed by atoms with van der Waals surface area (Å²) in [6, 6.07) is 0.140. The molecule has 0 unspecified atom stereocenters. The molecule has 0 fully saturated rings. The van der Waals surface area contributed by atoms with Crippen molar-refractivity contribution in [3.05, 3.63) is 0 Å². The van der Waals surface area contributed by atoms with Gasteiger partial charge in [0.1, 0.15) is 0 Å². The SMILES string of the molecule is CCCN(CCN(C)C)C(=O)N(C)CC. The van der Waals surface area contributed by atoms with Gasteiger partial charge in [-0.1, -0.05) is 6.92 Å². The van der Waals surface area contributed by atoms with Gasteiger partial charge in [0.05, 0.1) is 0 Å². The van der Waals surface area contributed by atoms with Crippen molar-refractivity contribution in [1.29, 1.82) is 0 Å². The minimum absolute atomic E-state index is 0.140. The van der Waals surface area contributed by atoms with Crippen LogP contribution in [0.1, 0.15) is 20.3 Å². The molecule has 2 amide bonds. The van der Waals surface area contributed by atoms with Gasteiger partial charge in [-0.2, -0.15) is 0 Å². The van der Waals surface area contributed by atoms with E-state index in [0.717, 1.165) is 32.6 Å². The molecule has 0 N–H and O–H groups in total. The van der Waals surface area contributed by atoms with Gasteiger partial charge in [0.2, 0.25) is 0 Å². The van der Waals surface area contributed by atoms with Crippen LogP contribution in [0.5, 0.6) is 0 Å². The molecule has 0 aliphatic heterocycles. The Kier molecular flexibility index (Phi) is 7.13. The molecule has 4 nitrogen and oxygen atoms in total. The molecule has 0 rings (SSSR count). The summed E-state index contributed by atoms with van der Waals surface area (Å²) < 4.78 is 0. The summed E-state index contributed by atoms with van der Waals surface area (Å²) >= 11 is 0. The molecule has 0 saturated carbocycles. The molecule has 0 bridgehead atoms. The normalized spacial score (nSPS) is 10.5. The number of rotatable bonds is 6. The minimum atomic E-state index is 0.140. The first-order valence-corrected chi connectivity index (χ1v) is 5.67. The lowest BCUT2D eigenvalue weighted by atomic mass is 10.4. The molecule has 0 spiro atoms. The van der Waals surface area contributed by atoms with Crippen LogP contribution in [0.15, 0.2) is 0 Å². The van der Waals surface area contributed by atoms with Crippen LogP contribution in [0.2, 0.25) is 0 Å². The first kappa shape index (κ1) is 14.2. The Labute approximate surface area is 93.8 Å². The summed E-state index contributed by atoms with van der Waals surface area (Å²) in [5.74, 6) is 0. The summed E-state index contributed by atoms with van der Waals surface area (Å²) in [5, 5.41) is 0. The van der Waals surface area contributed by atoms with E-state index in [4.69, 9.17) is 0 Å². The molecule has 0 saturated heterocycles. The van der Waals surface area contributed by atoms with E-state index in [2.05, 4.69) is 11.8 Å². The number of amides is 2. The highest BCUT2D eigenvalue weighted by molar-refractivity contribution is 5.74. The standard InChI is InChI=1S/C11H25N3O/c1-6-8-14(10-9-12(3)4)11(15)13(5)7-2/h6-10H2,1-5H3. The molecule has 0 aliphatic carbocycles. The lowest BCUT2D eigenvalue weighted by Gasteiger charge is -2.28. The third-order valence-electron chi connectivity index (χ3n) is 2.38. The number of hydrogen-bond acceptors (Lipinski definition) is 2. The fraction of sp³-hybridized carbons (Fsp3) is 0.909. The highest BCUT2D eigenvalue weighted by Gasteiger charge is 2.15. The Morgan fingerprint density at radius 1 is 1.00 bits per heavy atom. The number of urea groups is 1. The van der Waals surface area contributed by atoms with E-state index in [1.54, 1.807) is 4.90 Å². The van der Waals surface area contributed by atoms with Crippen molar-refractivity contribution in [1.82, 2.24) is 14.7 Å². The van der Waals surface area contributed by atoms with E-state index >= 15 is 0 Å². The van der Waals surface area contributed by atoms with Crippen LogP contribution in [0.3, 0.4) is 0 Å². The highest BCUT2D eigenvalue weighted by atomic mass is 16.2. The molecule has 0 aromatic heterocycles. The highest BCUT2D eigenvalue weighted by Crippen LogP contribution is 1.98. The first-order valence-electron chi connectivity index (χ1n) is 5.67. The minimum Gasteiger partial charge on any atom is -0.328 e. The summed E-state index contributed by atoms with van der Waals surface area (Å²) in [5.41, 5.74) is 0. The van der Waals surface area contributed by atoms with Crippen molar-refractivity contribution in [2.24, 2.45) is 0 Å². The van der Waals surface area contributed by atoms with Gasteiger partial charge in [-0.3, -0.25) is 0 Å². The van der Waals surface area contributed by atoms with Gasteiger partial charge in [0.25, 0.3) is 0 Å². The summed E-state index contributed by atoms with van der Waals surface area (Å²) in [6.45, 7) is 7.43. The summed E-state index contributed by atoms with van der Waals surface area (Å²) in [6.07, 6.45) is 1.01. The predicted octanol–water partition coefficient (Wildman–Crippen LogP) is 1.33. The van der Waals surface area contributed by atoms with Gasteiger partial charge in [-0.05, 0) is 27.4 Å². The number of likely N-dealkylation sites (N-methyl/N-ethyl adjacent to an activating group) is 1. The van der Waals surface area contributed by atoms with E-state index < -0.39 is 0 Å². The quantitative estimate of drug-likeness (QED) is 0.668. The molecular formula is C11H25N3O. The zero-order chi connectivity index (χ0) is 11.8. The fourth-order valence-electron chi connectivity index (χ4n) is 1.27. The lowest BCUT2D eigenvalue weighted by Crippen LogP contribution is -2.44. The molecule has 0 radical (unpaired) electrons. The smallest absolute Gasteiger partial charge is 0.319 e. The van der Waals surface area contributed by atoms with Gasteiger partial charge in [0.15, 0.2) is 0 Å². The monoisotopic (exact) mass is 215 g/mol.